The lowest BCUT2D eigenvalue weighted by Gasteiger charge is -2.19. The van der Waals surface area contributed by atoms with Crippen molar-refractivity contribution in [3.05, 3.63) is 36.0 Å². The van der Waals surface area contributed by atoms with E-state index in [4.69, 9.17) is 0 Å². The van der Waals surface area contributed by atoms with Gasteiger partial charge >= 0.3 is 0 Å². The van der Waals surface area contributed by atoms with Gasteiger partial charge in [-0.15, -0.1) is 0 Å². The predicted molar refractivity (Wildman–Crippen MR) is 66.3 cm³/mol. The molecule has 0 saturated carbocycles. The lowest BCUT2D eigenvalue weighted by Crippen LogP contribution is -2.10. The summed E-state index contributed by atoms with van der Waals surface area (Å²) in [6, 6.07) is 8.97. The van der Waals surface area contributed by atoms with Crippen molar-refractivity contribution in [2.75, 3.05) is 0 Å². The number of fused-ring (bicyclic) bond motifs is 1. The summed E-state index contributed by atoms with van der Waals surface area (Å²) in [5, 5.41) is 1.34. The molecule has 0 amide bonds. The van der Waals surface area contributed by atoms with E-state index in [9.17, 15) is 0 Å². The number of benzene rings is 1. The molecule has 0 aliphatic rings. The van der Waals surface area contributed by atoms with Crippen LogP contribution in [0.3, 0.4) is 0 Å². The Morgan fingerprint density at radius 1 is 1.13 bits per heavy atom. The van der Waals surface area contributed by atoms with Crippen molar-refractivity contribution in [1.29, 1.82) is 0 Å². The lowest BCUT2D eigenvalue weighted by molar-refractivity contribution is 0.590. The van der Waals surface area contributed by atoms with Crippen LogP contribution in [0, 0.1) is 0 Å². The predicted octanol–water partition coefficient (Wildman–Crippen LogP) is 3.96. The third-order valence-corrected chi connectivity index (χ3v) is 2.98. The van der Waals surface area contributed by atoms with Crippen LogP contribution in [0.2, 0.25) is 0 Å². The van der Waals surface area contributed by atoms with Crippen LogP contribution in [-0.2, 0) is 12.0 Å². The molecule has 0 aliphatic heterocycles. The van der Waals surface area contributed by atoms with E-state index >= 15 is 0 Å². The molecule has 0 unspecified atom stereocenters. The van der Waals surface area contributed by atoms with E-state index in [0.717, 1.165) is 6.54 Å². The monoisotopic (exact) mass is 201 g/mol. The Balaban J connectivity index is 2.63. The first-order chi connectivity index (χ1) is 7.02. The zero-order chi connectivity index (χ0) is 11.1. The minimum absolute atomic E-state index is 0.233. The number of hydrogen-bond acceptors (Lipinski definition) is 0. The molecule has 1 nitrogen and oxygen atoms in total. The molecule has 15 heavy (non-hydrogen) atoms. The maximum absolute atomic E-state index is 2.32. The largest absolute Gasteiger partial charge is 0.348 e. The van der Waals surface area contributed by atoms with Gasteiger partial charge in [0.25, 0.3) is 0 Å². The van der Waals surface area contributed by atoms with Crippen LogP contribution in [0.15, 0.2) is 30.5 Å². The summed E-state index contributed by atoms with van der Waals surface area (Å²) in [5.74, 6) is 0. The normalized spacial score (nSPS) is 12.3. The molecule has 0 saturated heterocycles. The summed E-state index contributed by atoms with van der Waals surface area (Å²) in [6.07, 6.45) is 2.16. The van der Waals surface area contributed by atoms with Crippen molar-refractivity contribution in [3.8, 4) is 0 Å². The van der Waals surface area contributed by atoms with Gasteiger partial charge in [0.2, 0.25) is 0 Å². The van der Waals surface area contributed by atoms with Gasteiger partial charge in [-0.1, -0.05) is 32.9 Å². The number of rotatable bonds is 1. The summed E-state index contributed by atoms with van der Waals surface area (Å²) >= 11 is 0. The Morgan fingerprint density at radius 2 is 1.87 bits per heavy atom. The average molecular weight is 201 g/mol. The van der Waals surface area contributed by atoms with Crippen molar-refractivity contribution in [1.82, 2.24) is 4.57 Å². The zero-order valence-electron chi connectivity index (χ0n) is 10.0. The highest BCUT2D eigenvalue weighted by atomic mass is 14.9. The maximum Gasteiger partial charge on any atom is 0.0483 e. The number of hydrogen-bond donors (Lipinski definition) is 0. The summed E-state index contributed by atoms with van der Waals surface area (Å²) in [7, 11) is 0. The van der Waals surface area contributed by atoms with Crippen LogP contribution < -0.4 is 0 Å². The maximum atomic E-state index is 2.32. The van der Waals surface area contributed by atoms with E-state index in [0.29, 0.717) is 0 Å². The first-order valence-corrected chi connectivity index (χ1v) is 5.62. The van der Waals surface area contributed by atoms with Gasteiger partial charge in [0.1, 0.15) is 0 Å². The number of aromatic nitrogens is 1. The molecule has 0 fully saturated rings. The van der Waals surface area contributed by atoms with Crippen molar-refractivity contribution in [3.63, 3.8) is 0 Å². The van der Waals surface area contributed by atoms with Crippen molar-refractivity contribution >= 4 is 10.9 Å². The fourth-order valence-electron chi connectivity index (χ4n) is 1.93. The first-order valence-electron chi connectivity index (χ1n) is 5.62. The molecule has 1 heteroatoms. The van der Waals surface area contributed by atoms with Gasteiger partial charge in [0.15, 0.2) is 0 Å². The Bertz CT molecular complexity index is 472. The van der Waals surface area contributed by atoms with Crippen molar-refractivity contribution in [2.45, 2.75) is 39.7 Å². The SMILES string of the molecule is CCn1ccc2ccc(C(C)(C)C)cc21. The number of nitrogens with zero attached hydrogens (tertiary/aromatic N) is 1. The van der Waals surface area contributed by atoms with E-state index in [1.807, 2.05) is 0 Å². The highest BCUT2D eigenvalue weighted by molar-refractivity contribution is 5.81. The third-order valence-electron chi connectivity index (χ3n) is 2.98. The fourth-order valence-corrected chi connectivity index (χ4v) is 1.93. The van der Waals surface area contributed by atoms with Gasteiger partial charge in [-0.2, -0.15) is 0 Å². The van der Waals surface area contributed by atoms with Gasteiger partial charge in [0.05, 0.1) is 0 Å². The highest BCUT2D eigenvalue weighted by Gasteiger charge is 2.14. The average Bonchev–Trinajstić information content (AvgIpc) is 2.57. The Labute approximate surface area is 91.7 Å². The van der Waals surface area contributed by atoms with Crippen LogP contribution >= 0.6 is 0 Å². The van der Waals surface area contributed by atoms with E-state index in [1.165, 1.54) is 16.5 Å². The van der Waals surface area contributed by atoms with Gasteiger partial charge in [-0.05, 0) is 35.4 Å². The van der Waals surface area contributed by atoms with E-state index in [-0.39, 0.29) is 5.41 Å². The lowest BCUT2D eigenvalue weighted by atomic mass is 9.87. The standard InChI is InChI=1S/C14H19N/c1-5-15-9-8-11-6-7-12(10-13(11)15)14(2,3)4/h6-10H,5H2,1-4H3. The Hall–Kier alpha value is -1.24. The minimum Gasteiger partial charge on any atom is -0.348 e. The van der Waals surface area contributed by atoms with E-state index in [2.05, 4.69) is 62.7 Å². The molecule has 1 aromatic heterocycles. The highest BCUT2D eigenvalue weighted by Crippen LogP contribution is 2.26. The molecule has 80 valence electrons. The Kier molecular flexibility index (Phi) is 2.34. The van der Waals surface area contributed by atoms with Crippen LogP contribution in [-0.4, -0.2) is 4.57 Å². The number of aryl methyl sites for hydroxylation is 1. The minimum atomic E-state index is 0.233. The molecule has 0 radical (unpaired) electrons. The second kappa shape index (κ2) is 3.41. The summed E-state index contributed by atoms with van der Waals surface area (Å²) < 4.78 is 2.30. The van der Waals surface area contributed by atoms with Gasteiger partial charge in [-0.25, -0.2) is 0 Å². The second-order valence-electron chi connectivity index (χ2n) is 5.13. The van der Waals surface area contributed by atoms with E-state index in [1.54, 1.807) is 0 Å². The molecule has 0 atom stereocenters. The molecule has 2 rings (SSSR count). The topological polar surface area (TPSA) is 4.93 Å². The van der Waals surface area contributed by atoms with Crippen LogP contribution in [0.25, 0.3) is 10.9 Å². The molecular weight excluding hydrogens is 182 g/mol. The van der Waals surface area contributed by atoms with Crippen molar-refractivity contribution < 1.29 is 0 Å². The van der Waals surface area contributed by atoms with E-state index < -0.39 is 0 Å². The summed E-state index contributed by atoms with van der Waals surface area (Å²) in [5.41, 5.74) is 2.99. The molecule has 1 heterocycles. The van der Waals surface area contributed by atoms with Gasteiger partial charge < -0.3 is 4.57 Å². The molecule has 0 spiro atoms. The first kappa shape index (κ1) is 10.3. The summed E-state index contributed by atoms with van der Waals surface area (Å²) in [4.78, 5) is 0. The smallest absolute Gasteiger partial charge is 0.0483 e. The van der Waals surface area contributed by atoms with Crippen LogP contribution in [0.5, 0.6) is 0 Å². The third kappa shape index (κ3) is 1.79. The molecule has 0 aliphatic carbocycles. The Morgan fingerprint density at radius 3 is 2.47 bits per heavy atom. The van der Waals surface area contributed by atoms with Crippen LogP contribution in [0.1, 0.15) is 33.3 Å². The quantitative estimate of drug-likeness (QED) is 0.658. The molecule has 1 aromatic carbocycles. The molecular formula is C14H19N. The molecule has 0 bridgehead atoms. The van der Waals surface area contributed by atoms with Crippen LogP contribution in [0.4, 0.5) is 0 Å². The van der Waals surface area contributed by atoms with Gasteiger partial charge in [0, 0.05) is 18.3 Å². The molecule has 2 aromatic rings. The summed E-state index contributed by atoms with van der Waals surface area (Å²) in [6.45, 7) is 9.99. The second-order valence-corrected chi connectivity index (χ2v) is 5.13. The van der Waals surface area contributed by atoms with Gasteiger partial charge in [-0.3, -0.25) is 0 Å². The fraction of sp³-hybridized carbons (Fsp3) is 0.429. The zero-order valence-corrected chi connectivity index (χ0v) is 10.0. The van der Waals surface area contributed by atoms with Crippen molar-refractivity contribution in [2.24, 2.45) is 0 Å². The molecule has 0 N–H and O–H groups in total.